The lowest BCUT2D eigenvalue weighted by atomic mass is 10.5. The van der Waals surface area contributed by atoms with E-state index in [0.29, 0.717) is 5.82 Å². The fourth-order valence-corrected chi connectivity index (χ4v) is 0.284. The van der Waals surface area contributed by atoms with Gasteiger partial charge in [-0.05, 0) is 5.16 Å². The maximum atomic E-state index is 4.19. The molecule has 0 spiro atoms. The van der Waals surface area contributed by atoms with Gasteiger partial charge in [-0.3, -0.25) is 0 Å². The summed E-state index contributed by atoms with van der Waals surface area (Å²) in [6.45, 7) is 1.94. The molecule has 7 heavy (non-hydrogen) atoms. The van der Waals surface area contributed by atoms with Gasteiger partial charge in [0, 0.05) is 6.42 Å². The van der Waals surface area contributed by atoms with E-state index >= 15 is 0 Å². The van der Waals surface area contributed by atoms with E-state index in [2.05, 4.69) is 20.2 Å². The molecule has 38 valence electrons. The first-order valence-corrected chi connectivity index (χ1v) is 2.07. The van der Waals surface area contributed by atoms with Crippen LogP contribution in [0.15, 0.2) is 4.63 Å². The van der Waals surface area contributed by atoms with Gasteiger partial charge in [0.15, 0.2) is 5.82 Å². The standard InChI is InChI=1S/C3H5N3O/c1-2-3-4-6-7-5-3/h2H2,1H3. The summed E-state index contributed by atoms with van der Waals surface area (Å²) in [5.74, 6) is 0.653. The Morgan fingerprint density at radius 1 is 1.71 bits per heavy atom. The number of aryl methyl sites for hydroxylation is 1. The molecule has 0 N–H and O–H groups in total. The third-order valence-electron chi connectivity index (χ3n) is 0.655. The first-order valence-electron chi connectivity index (χ1n) is 2.07. The van der Waals surface area contributed by atoms with Crippen LogP contribution in [-0.4, -0.2) is 15.5 Å². The molecule has 0 aromatic carbocycles. The average Bonchev–Trinajstić information content (AvgIpc) is 2.14. The van der Waals surface area contributed by atoms with Crippen LogP contribution in [0.1, 0.15) is 12.7 Å². The third-order valence-corrected chi connectivity index (χ3v) is 0.655. The number of nitrogens with zero attached hydrogens (tertiary/aromatic N) is 3. The Hall–Kier alpha value is -0.930. The summed E-state index contributed by atoms with van der Waals surface area (Å²) < 4.78 is 4.19. The first-order chi connectivity index (χ1) is 3.43. The van der Waals surface area contributed by atoms with Crippen LogP contribution in [0.5, 0.6) is 0 Å². The van der Waals surface area contributed by atoms with Crippen molar-refractivity contribution >= 4 is 0 Å². The summed E-state index contributed by atoms with van der Waals surface area (Å²) in [5, 5.41) is 10.1. The van der Waals surface area contributed by atoms with Crippen molar-refractivity contribution in [2.45, 2.75) is 13.3 Å². The highest BCUT2D eigenvalue weighted by atomic mass is 16.6. The SMILES string of the molecule is CCc1nnon1. The Morgan fingerprint density at radius 2 is 2.57 bits per heavy atom. The zero-order chi connectivity index (χ0) is 5.11. The number of aromatic nitrogens is 3. The second-order valence-electron chi connectivity index (χ2n) is 1.12. The molecular weight excluding hydrogens is 94.1 g/mol. The predicted molar refractivity (Wildman–Crippen MR) is 21.5 cm³/mol. The van der Waals surface area contributed by atoms with Crippen molar-refractivity contribution in [3.05, 3.63) is 5.82 Å². The molecule has 0 unspecified atom stereocenters. The topological polar surface area (TPSA) is 51.8 Å². The monoisotopic (exact) mass is 99.0 g/mol. The van der Waals surface area contributed by atoms with Crippen LogP contribution < -0.4 is 0 Å². The van der Waals surface area contributed by atoms with Crippen molar-refractivity contribution in [1.82, 2.24) is 15.5 Å². The molecule has 1 aromatic rings. The van der Waals surface area contributed by atoms with Gasteiger partial charge < -0.3 is 0 Å². The minimum Gasteiger partial charge on any atom is -0.222 e. The van der Waals surface area contributed by atoms with E-state index in [4.69, 9.17) is 0 Å². The van der Waals surface area contributed by atoms with Crippen molar-refractivity contribution in [2.24, 2.45) is 0 Å². The molecule has 0 aliphatic carbocycles. The molecule has 4 heteroatoms. The lowest BCUT2D eigenvalue weighted by Crippen LogP contribution is -1.79. The molecule has 1 heterocycles. The minimum absolute atomic E-state index is 0.653. The minimum atomic E-state index is 0.653. The Balaban J connectivity index is 2.76. The molecule has 0 atom stereocenters. The predicted octanol–water partition coefficient (Wildman–Crippen LogP) is 0.0270. The smallest absolute Gasteiger partial charge is 0.196 e. The Bertz CT molecular complexity index is 125. The third kappa shape index (κ3) is 0.734. The second kappa shape index (κ2) is 1.68. The van der Waals surface area contributed by atoms with E-state index in [1.54, 1.807) is 0 Å². The van der Waals surface area contributed by atoms with E-state index in [0.717, 1.165) is 6.42 Å². The number of hydrogen-bond acceptors (Lipinski definition) is 4. The second-order valence-corrected chi connectivity index (χ2v) is 1.12. The van der Waals surface area contributed by atoms with Crippen LogP contribution >= 0.6 is 0 Å². The van der Waals surface area contributed by atoms with Gasteiger partial charge in [-0.1, -0.05) is 12.0 Å². The Morgan fingerprint density at radius 3 is 2.86 bits per heavy atom. The first kappa shape index (κ1) is 4.23. The van der Waals surface area contributed by atoms with E-state index < -0.39 is 0 Å². The summed E-state index contributed by atoms with van der Waals surface area (Å²) in [4.78, 5) is 0. The molecule has 0 saturated carbocycles. The van der Waals surface area contributed by atoms with Crippen LogP contribution in [0, 0.1) is 0 Å². The lowest BCUT2D eigenvalue weighted by molar-refractivity contribution is 0.291. The Labute approximate surface area is 40.5 Å². The molecule has 0 fully saturated rings. The van der Waals surface area contributed by atoms with E-state index in [1.807, 2.05) is 6.92 Å². The van der Waals surface area contributed by atoms with Crippen LogP contribution in [-0.2, 0) is 6.42 Å². The highest BCUT2D eigenvalue weighted by Gasteiger charge is 1.90. The fourth-order valence-electron chi connectivity index (χ4n) is 0.284. The van der Waals surface area contributed by atoms with Gasteiger partial charge in [0.1, 0.15) is 0 Å². The van der Waals surface area contributed by atoms with Gasteiger partial charge in [0.05, 0.1) is 5.27 Å². The maximum absolute atomic E-state index is 4.19. The zero-order valence-electron chi connectivity index (χ0n) is 3.96. The quantitative estimate of drug-likeness (QED) is 0.498. The van der Waals surface area contributed by atoms with Crippen molar-refractivity contribution < 1.29 is 4.63 Å². The summed E-state index contributed by atoms with van der Waals surface area (Å²) in [6.07, 6.45) is 0.781. The van der Waals surface area contributed by atoms with E-state index in [1.165, 1.54) is 0 Å². The van der Waals surface area contributed by atoms with Crippen LogP contribution in [0.4, 0.5) is 0 Å². The average molecular weight is 99.1 g/mol. The van der Waals surface area contributed by atoms with Crippen LogP contribution in [0.25, 0.3) is 0 Å². The molecule has 1 aromatic heterocycles. The van der Waals surface area contributed by atoms with Gasteiger partial charge in [-0.2, -0.15) is 0 Å². The molecule has 0 aliphatic rings. The molecular formula is C3H5N3O. The molecule has 0 aliphatic heterocycles. The van der Waals surface area contributed by atoms with Crippen molar-refractivity contribution in [2.75, 3.05) is 0 Å². The van der Waals surface area contributed by atoms with Gasteiger partial charge in [-0.25, -0.2) is 4.63 Å². The van der Waals surface area contributed by atoms with Gasteiger partial charge in [0.2, 0.25) is 0 Å². The molecule has 4 nitrogen and oxygen atoms in total. The largest absolute Gasteiger partial charge is 0.222 e. The van der Waals surface area contributed by atoms with E-state index in [9.17, 15) is 0 Å². The maximum Gasteiger partial charge on any atom is 0.196 e. The molecule has 0 amide bonds. The number of hydrogen-bond donors (Lipinski definition) is 0. The normalized spacial score (nSPS) is 9.29. The highest BCUT2D eigenvalue weighted by Crippen LogP contribution is 1.82. The summed E-state index contributed by atoms with van der Waals surface area (Å²) in [5.41, 5.74) is 0. The summed E-state index contributed by atoms with van der Waals surface area (Å²) >= 11 is 0. The van der Waals surface area contributed by atoms with Gasteiger partial charge >= 0.3 is 0 Å². The van der Waals surface area contributed by atoms with Crippen molar-refractivity contribution in [1.29, 1.82) is 0 Å². The molecule has 0 bridgehead atoms. The van der Waals surface area contributed by atoms with Crippen molar-refractivity contribution in [3.63, 3.8) is 0 Å². The highest BCUT2D eigenvalue weighted by molar-refractivity contribution is 4.69. The van der Waals surface area contributed by atoms with Gasteiger partial charge in [-0.15, -0.1) is 0 Å². The Kier molecular flexibility index (Phi) is 1.02. The molecule has 1 rings (SSSR count). The van der Waals surface area contributed by atoms with Crippen molar-refractivity contribution in [3.8, 4) is 0 Å². The fraction of sp³-hybridized carbons (Fsp3) is 0.667. The van der Waals surface area contributed by atoms with Crippen LogP contribution in [0.2, 0.25) is 0 Å². The van der Waals surface area contributed by atoms with Gasteiger partial charge in [0.25, 0.3) is 0 Å². The zero-order valence-corrected chi connectivity index (χ0v) is 3.96. The molecule has 0 radical (unpaired) electrons. The number of rotatable bonds is 1. The summed E-state index contributed by atoms with van der Waals surface area (Å²) in [6, 6.07) is 0. The summed E-state index contributed by atoms with van der Waals surface area (Å²) in [7, 11) is 0. The molecule has 0 saturated heterocycles. The van der Waals surface area contributed by atoms with Crippen LogP contribution in [0.3, 0.4) is 0 Å². The lowest BCUT2D eigenvalue weighted by Gasteiger charge is -1.70. The van der Waals surface area contributed by atoms with E-state index in [-0.39, 0.29) is 0 Å².